The number of carbonyl (C=O) groups excluding carboxylic acids is 1. The van der Waals surface area contributed by atoms with Crippen molar-refractivity contribution in [1.29, 1.82) is 0 Å². The van der Waals surface area contributed by atoms with E-state index in [1.165, 1.54) is 12.8 Å². The van der Waals surface area contributed by atoms with Crippen molar-refractivity contribution in [2.45, 2.75) is 18.9 Å². The van der Waals surface area contributed by atoms with E-state index in [2.05, 4.69) is 30.0 Å². The highest BCUT2D eigenvalue weighted by atomic mass is 16.3. The minimum Gasteiger partial charge on any atom is -0.468 e. The Balaban J connectivity index is 1.24. The standard InChI is InChI=1S/C20H28N6O2/c27-19(16-24-10-12-26(13-11-24)20-21-6-4-7-22-20)23-15-17(18-5-3-14-28-18)25-8-1-2-9-25/h3-7,14,17H,1-2,8-13,15-16H2,(H,23,27). The van der Waals surface area contributed by atoms with Crippen LogP contribution >= 0.6 is 0 Å². The summed E-state index contributed by atoms with van der Waals surface area (Å²) in [5.41, 5.74) is 0. The zero-order valence-electron chi connectivity index (χ0n) is 16.2. The van der Waals surface area contributed by atoms with Gasteiger partial charge in [0.15, 0.2) is 0 Å². The van der Waals surface area contributed by atoms with Crippen LogP contribution in [0, 0.1) is 0 Å². The van der Waals surface area contributed by atoms with Crippen LogP contribution in [0.3, 0.4) is 0 Å². The summed E-state index contributed by atoms with van der Waals surface area (Å²) < 4.78 is 5.62. The van der Waals surface area contributed by atoms with Gasteiger partial charge in [0.1, 0.15) is 5.76 Å². The number of nitrogens with zero attached hydrogens (tertiary/aromatic N) is 5. The van der Waals surface area contributed by atoms with Crippen molar-refractivity contribution in [1.82, 2.24) is 25.1 Å². The third-order valence-corrected chi connectivity index (χ3v) is 5.52. The highest BCUT2D eigenvalue weighted by Gasteiger charge is 2.26. The monoisotopic (exact) mass is 384 g/mol. The van der Waals surface area contributed by atoms with Gasteiger partial charge in [-0.15, -0.1) is 0 Å². The Morgan fingerprint density at radius 2 is 1.82 bits per heavy atom. The van der Waals surface area contributed by atoms with Crippen LogP contribution in [-0.2, 0) is 4.79 Å². The molecule has 4 rings (SSSR count). The average Bonchev–Trinajstić information content (AvgIpc) is 3.44. The molecule has 28 heavy (non-hydrogen) atoms. The fourth-order valence-corrected chi connectivity index (χ4v) is 3.97. The maximum absolute atomic E-state index is 12.5. The normalized spacial score (nSPS) is 19.6. The van der Waals surface area contributed by atoms with Crippen molar-refractivity contribution in [3.8, 4) is 0 Å². The lowest BCUT2D eigenvalue weighted by Gasteiger charge is -2.34. The Kier molecular flexibility index (Phi) is 6.18. The molecule has 2 aromatic heterocycles. The summed E-state index contributed by atoms with van der Waals surface area (Å²) in [4.78, 5) is 27.9. The van der Waals surface area contributed by atoms with Crippen LogP contribution in [0.5, 0.6) is 0 Å². The summed E-state index contributed by atoms with van der Waals surface area (Å²) in [7, 11) is 0. The zero-order chi connectivity index (χ0) is 19.2. The Labute approximate surface area is 165 Å². The molecule has 1 atom stereocenters. The predicted molar refractivity (Wildman–Crippen MR) is 106 cm³/mol. The van der Waals surface area contributed by atoms with Crippen molar-refractivity contribution >= 4 is 11.9 Å². The second-order valence-corrected chi connectivity index (χ2v) is 7.39. The van der Waals surface area contributed by atoms with Gasteiger partial charge in [0.2, 0.25) is 11.9 Å². The molecule has 2 saturated heterocycles. The van der Waals surface area contributed by atoms with E-state index in [4.69, 9.17) is 4.42 Å². The maximum Gasteiger partial charge on any atom is 0.234 e. The van der Waals surface area contributed by atoms with E-state index in [0.29, 0.717) is 13.1 Å². The number of rotatable bonds is 7. The molecule has 2 aromatic rings. The molecule has 0 aromatic carbocycles. The number of amides is 1. The molecular formula is C20H28N6O2. The number of carbonyl (C=O) groups is 1. The van der Waals surface area contributed by atoms with E-state index in [1.54, 1.807) is 18.7 Å². The summed E-state index contributed by atoms with van der Waals surface area (Å²) in [6.45, 7) is 6.47. The van der Waals surface area contributed by atoms with E-state index < -0.39 is 0 Å². The van der Waals surface area contributed by atoms with Crippen molar-refractivity contribution < 1.29 is 9.21 Å². The molecule has 4 heterocycles. The highest BCUT2D eigenvalue weighted by molar-refractivity contribution is 5.78. The number of furan rings is 1. The fraction of sp³-hybridized carbons (Fsp3) is 0.550. The topological polar surface area (TPSA) is 77.7 Å². The zero-order valence-corrected chi connectivity index (χ0v) is 16.2. The van der Waals surface area contributed by atoms with E-state index >= 15 is 0 Å². The molecule has 150 valence electrons. The second kappa shape index (κ2) is 9.16. The Hall–Kier alpha value is -2.45. The van der Waals surface area contributed by atoms with Gasteiger partial charge in [-0.2, -0.15) is 0 Å². The molecule has 0 bridgehead atoms. The van der Waals surface area contributed by atoms with Crippen LogP contribution < -0.4 is 10.2 Å². The molecule has 0 saturated carbocycles. The van der Waals surface area contributed by atoms with Crippen molar-refractivity contribution in [2.24, 2.45) is 0 Å². The maximum atomic E-state index is 12.5. The van der Waals surface area contributed by atoms with Gasteiger partial charge in [0, 0.05) is 45.1 Å². The molecule has 0 aliphatic carbocycles. The van der Waals surface area contributed by atoms with Crippen LogP contribution in [0.2, 0.25) is 0 Å². The van der Waals surface area contributed by atoms with E-state index in [0.717, 1.165) is 51.0 Å². The van der Waals surface area contributed by atoms with Gasteiger partial charge in [-0.05, 0) is 44.1 Å². The summed E-state index contributed by atoms with van der Waals surface area (Å²) in [5.74, 6) is 1.76. The first kappa shape index (κ1) is 18.9. The van der Waals surface area contributed by atoms with Crippen LogP contribution in [0.1, 0.15) is 24.6 Å². The van der Waals surface area contributed by atoms with Gasteiger partial charge in [-0.1, -0.05) is 0 Å². The summed E-state index contributed by atoms with van der Waals surface area (Å²) in [6.07, 6.45) is 7.65. The van der Waals surface area contributed by atoms with Gasteiger partial charge in [0.05, 0.1) is 18.8 Å². The smallest absolute Gasteiger partial charge is 0.234 e. The molecule has 1 N–H and O–H groups in total. The van der Waals surface area contributed by atoms with Gasteiger partial charge in [-0.25, -0.2) is 9.97 Å². The second-order valence-electron chi connectivity index (χ2n) is 7.39. The highest BCUT2D eigenvalue weighted by Crippen LogP contribution is 2.24. The minimum absolute atomic E-state index is 0.0696. The summed E-state index contributed by atoms with van der Waals surface area (Å²) in [5, 5.41) is 3.12. The van der Waals surface area contributed by atoms with Crippen LogP contribution in [-0.4, -0.2) is 78.0 Å². The lowest BCUT2D eigenvalue weighted by Crippen LogP contribution is -2.50. The van der Waals surface area contributed by atoms with E-state index in [-0.39, 0.29) is 11.9 Å². The molecule has 1 unspecified atom stereocenters. The summed E-state index contributed by atoms with van der Waals surface area (Å²) in [6, 6.07) is 5.85. The third kappa shape index (κ3) is 4.69. The first-order valence-corrected chi connectivity index (χ1v) is 10.1. The molecule has 2 aliphatic rings. The number of aromatic nitrogens is 2. The Morgan fingerprint density at radius 3 is 2.50 bits per heavy atom. The third-order valence-electron chi connectivity index (χ3n) is 5.52. The number of anilines is 1. The lowest BCUT2D eigenvalue weighted by molar-refractivity contribution is -0.122. The van der Waals surface area contributed by atoms with Gasteiger partial charge >= 0.3 is 0 Å². The Bertz CT molecular complexity index is 724. The van der Waals surface area contributed by atoms with Crippen molar-refractivity contribution in [3.05, 3.63) is 42.6 Å². The number of hydrogen-bond acceptors (Lipinski definition) is 7. The van der Waals surface area contributed by atoms with Crippen LogP contribution in [0.15, 0.2) is 41.3 Å². The summed E-state index contributed by atoms with van der Waals surface area (Å²) >= 11 is 0. The van der Waals surface area contributed by atoms with E-state index in [9.17, 15) is 4.79 Å². The van der Waals surface area contributed by atoms with Gasteiger partial charge in [0.25, 0.3) is 0 Å². The molecule has 2 aliphatic heterocycles. The van der Waals surface area contributed by atoms with E-state index in [1.807, 2.05) is 18.2 Å². The number of piperazine rings is 1. The molecule has 8 nitrogen and oxygen atoms in total. The van der Waals surface area contributed by atoms with Gasteiger partial charge in [-0.3, -0.25) is 14.6 Å². The first-order chi connectivity index (χ1) is 13.8. The number of hydrogen-bond donors (Lipinski definition) is 1. The molecular weight excluding hydrogens is 356 g/mol. The SMILES string of the molecule is O=C(CN1CCN(c2ncccn2)CC1)NCC(c1ccco1)N1CCCC1. The van der Waals surface area contributed by atoms with Crippen molar-refractivity contribution in [2.75, 3.05) is 57.3 Å². The minimum atomic E-state index is 0.0696. The molecule has 2 fully saturated rings. The lowest BCUT2D eigenvalue weighted by atomic mass is 10.2. The fourth-order valence-electron chi connectivity index (χ4n) is 3.97. The molecule has 8 heteroatoms. The van der Waals surface area contributed by atoms with Crippen LogP contribution in [0.4, 0.5) is 5.95 Å². The average molecular weight is 384 g/mol. The Morgan fingerprint density at radius 1 is 1.07 bits per heavy atom. The number of likely N-dealkylation sites (tertiary alicyclic amines) is 1. The first-order valence-electron chi connectivity index (χ1n) is 10.1. The number of nitrogens with one attached hydrogen (secondary N) is 1. The molecule has 1 amide bonds. The van der Waals surface area contributed by atoms with Crippen molar-refractivity contribution in [3.63, 3.8) is 0 Å². The van der Waals surface area contributed by atoms with Crippen LogP contribution in [0.25, 0.3) is 0 Å². The van der Waals surface area contributed by atoms with Gasteiger partial charge < -0.3 is 14.6 Å². The molecule has 0 radical (unpaired) electrons. The molecule has 0 spiro atoms. The predicted octanol–water partition coefficient (Wildman–Crippen LogP) is 1.14. The largest absolute Gasteiger partial charge is 0.468 e. The quantitative estimate of drug-likeness (QED) is 0.767.